The smallest absolute Gasteiger partial charge is 0.243 e. The van der Waals surface area contributed by atoms with Crippen LogP contribution in [0.5, 0.6) is 0 Å². The monoisotopic (exact) mass is 288 g/mol. The van der Waals surface area contributed by atoms with Gasteiger partial charge in [0.15, 0.2) is 0 Å². The summed E-state index contributed by atoms with van der Waals surface area (Å²) in [4.78, 5) is 1.30. The van der Waals surface area contributed by atoms with E-state index in [0.29, 0.717) is 24.3 Å². The van der Waals surface area contributed by atoms with Crippen molar-refractivity contribution in [2.24, 2.45) is 5.14 Å². The molecule has 7 heteroatoms. The van der Waals surface area contributed by atoms with Gasteiger partial charge in [-0.05, 0) is 31.5 Å². The third kappa shape index (κ3) is 2.58. The number of sulfonamides is 1. The Balaban J connectivity index is 2.47. The van der Waals surface area contributed by atoms with Crippen molar-refractivity contribution in [2.45, 2.75) is 24.3 Å². The predicted molar refractivity (Wildman–Crippen MR) is 70.1 cm³/mol. The minimum atomic E-state index is -4.10. The Hall–Kier alpha value is -1.18. The first-order valence-electron chi connectivity index (χ1n) is 5.79. The number of nitrogens with two attached hydrogens (primary N) is 1. The first-order valence-corrected chi connectivity index (χ1v) is 7.34. The van der Waals surface area contributed by atoms with E-state index in [4.69, 9.17) is 9.88 Å². The molecule has 5 nitrogen and oxygen atoms in total. The highest BCUT2D eigenvalue weighted by atomic mass is 32.2. The molecule has 0 aromatic heterocycles. The van der Waals surface area contributed by atoms with Crippen LogP contribution in [-0.4, -0.2) is 34.2 Å². The molecule has 0 unspecified atom stereocenters. The Morgan fingerprint density at radius 2 is 2.00 bits per heavy atom. The van der Waals surface area contributed by atoms with Gasteiger partial charge < -0.3 is 9.64 Å². The van der Waals surface area contributed by atoms with E-state index in [1.54, 1.807) is 25.0 Å². The predicted octanol–water partition coefficient (Wildman–Crippen LogP) is 1.01. The highest BCUT2D eigenvalue weighted by Crippen LogP contribution is 2.35. The number of benzene rings is 1. The molecule has 19 heavy (non-hydrogen) atoms. The Morgan fingerprint density at radius 3 is 2.47 bits per heavy atom. The van der Waals surface area contributed by atoms with E-state index in [9.17, 15) is 12.8 Å². The molecule has 0 bridgehead atoms. The van der Waals surface area contributed by atoms with Crippen LogP contribution in [0.15, 0.2) is 17.0 Å². The second-order valence-electron chi connectivity index (χ2n) is 5.15. The molecule has 0 saturated carbocycles. The van der Waals surface area contributed by atoms with Gasteiger partial charge in [-0.25, -0.2) is 17.9 Å². The minimum absolute atomic E-state index is 0.300. The van der Waals surface area contributed by atoms with Gasteiger partial charge in [-0.3, -0.25) is 0 Å². The Kier molecular flexibility index (Phi) is 3.32. The van der Waals surface area contributed by atoms with Crippen molar-refractivity contribution in [3.05, 3.63) is 23.5 Å². The quantitative estimate of drug-likeness (QED) is 0.901. The number of aryl methyl sites for hydroxylation is 1. The first kappa shape index (κ1) is 14.2. The van der Waals surface area contributed by atoms with Crippen LogP contribution in [0.25, 0.3) is 0 Å². The topological polar surface area (TPSA) is 72.6 Å². The van der Waals surface area contributed by atoms with Crippen molar-refractivity contribution < 1.29 is 17.5 Å². The van der Waals surface area contributed by atoms with E-state index < -0.39 is 20.7 Å². The normalized spacial score (nSPS) is 18.3. The molecule has 0 atom stereocenters. The van der Waals surface area contributed by atoms with Crippen LogP contribution in [0, 0.1) is 12.7 Å². The molecule has 106 valence electrons. The summed E-state index contributed by atoms with van der Waals surface area (Å²) in [5, 5.41) is 5.10. The lowest BCUT2D eigenvalue weighted by molar-refractivity contribution is -0.0170. The highest BCUT2D eigenvalue weighted by molar-refractivity contribution is 7.89. The van der Waals surface area contributed by atoms with Gasteiger partial charge in [-0.15, -0.1) is 0 Å². The zero-order chi connectivity index (χ0) is 14.4. The van der Waals surface area contributed by atoms with Gasteiger partial charge in [0, 0.05) is 20.2 Å². The molecule has 0 radical (unpaired) electrons. The van der Waals surface area contributed by atoms with Crippen LogP contribution in [0.3, 0.4) is 0 Å². The van der Waals surface area contributed by atoms with Gasteiger partial charge in [0.1, 0.15) is 10.7 Å². The lowest BCUT2D eigenvalue weighted by Crippen LogP contribution is -2.61. The summed E-state index contributed by atoms with van der Waals surface area (Å²) in [5.74, 6) is -0.816. The molecule has 0 aliphatic carbocycles. The van der Waals surface area contributed by atoms with Gasteiger partial charge >= 0.3 is 0 Å². The highest BCUT2D eigenvalue weighted by Gasteiger charge is 2.41. The summed E-state index contributed by atoms with van der Waals surface area (Å²) in [7, 11) is -2.51. The van der Waals surface area contributed by atoms with Crippen LogP contribution in [0.1, 0.15) is 12.5 Å². The minimum Gasteiger partial charge on any atom is -0.375 e. The molecule has 2 N–H and O–H groups in total. The third-order valence-corrected chi connectivity index (χ3v) is 4.31. The molecule has 1 saturated heterocycles. The van der Waals surface area contributed by atoms with E-state index in [2.05, 4.69) is 0 Å². The SMILES string of the molecule is COC1(C)CN(c2cc(C)cc(F)c2S(N)(=O)=O)C1. The fraction of sp³-hybridized carbons (Fsp3) is 0.500. The number of halogens is 1. The molecule has 1 aliphatic rings. The third-order valence-electron chi connectivity index (χ3n) is 3.34. The summed E-state index contributed by atoms with van der Waals surface area (Å²) in [6, 6.07) is 2.79. The second kappa shape index (κ2) is 4.43. The lowest BCUT2D eigenvalue weighted by Gasteiger charge is -2.48. The van der Waals surface area contributed by atoms with Crippen LogP contribution in [0.4, 0.5) is 10.1 Å². The van der Waals surface area contributed by atoms with Crippen molar-refractivity contribution in [3.63, 3.8) is 0 Å². The number of ether oxygens (including phenoxy) is 1. The largest absolute Gasteiger partial charge is 0.375 e. The summed E-state index contributed by atoms with van der Waals surface area (Å²) in [6.07, 6.45) is 0. The van der Waals surface area contributed by atoms with Crippen molar-refractivity contribution in [1.82, 2.24) is 0 Å². The van der Waals surface area contributed by atoms with Crippen molar-refractivity contribution in [1.29, 1.82) is 0 Å². The van der Waals surface area contributed by atoms with Crippen molar-refractivity contribution >= 4 is 15.7 Å². The zero-order valence-corrected chi connectivity index (χ0v) is 11.9. The molecule has 0 amide bonds. The van der Waals surface area contributed by atoms with E-state index in [1.807, 2.05) is 6.92 Å². The summed E-state index contributed by atoms with van der Waals surface area (Å²) >= 11 is 0. The first-order chi connectivity index (χ1) is 8.66. The average molecular weight is 288 g/mol. The van der Waals surface area contributed by atoms with Gasteiger partial charge in [0.05, 0.1) is 11.3 Å². The number of primary sulfonamides is 1. The molecule has 1 fully saturated rings. The fourth-order valence-corrected chi connectivity index (χ4v) is 3.10. The fourth-order valence-electron chi connectivity index (χ4n) is 2.29. The number of rotatable bonds is 3. The number of methoxy groups -OCH3 is 1. The van der Waals surface area contributed by atoms with E-state index >= 15 is 0 Å². The molecule has 2 rings (SSSR count). The summed E-state index contributed by atoms with van der Waals surface area (Å²) in [6.45, 7) is 4.60. The number of nitrogens with zero attached hydrogens (tertiary/aromatic N) is 1. The van der Waals surface area contributed by atoms with Crippen molar-refractivity contribution in [3.8, 4) is 0 Å². The van der Waals surface area contributed by atoms with Crippen LogP contribution >= 0.6 is 0 Å². The van der Waals surface area contributed by atoms with E-state index in [-0.39, 0.29) is 5.60 Å². The lowest BCUT2D eigenvalue weighted by atomic mass is 9.95. The maximum Gasteiger partial charge on any atom is 0.243 e. The Morgan fingerprint density at radius 1 is 1.42 bits per heavy atom. The van der Waals surface area contributed by atoms with Crippen LogP contribution < -0.4 is 10.0 Å². The molecular weight excluding hydrogens is 271 g/mol. The van der Waals surface area contributed by atoms with Gasteiger partial charge in [0.25, 0.3) is 0 Å². The number of anilines is 1. The maximum atomic E-state index is 13.9. The van der Waals surface area contributed by atoms with Crippen LogP contribution in [0.2, 0.25) is 0 Å². The zero-order valence-electron chi connectivity index (χ0n) is 11.1. The number of hydrogen-bond acceptors (Lipinski definition) is 4. The Bertz CT molecular complexity index is 610. The molecule has 1 aliphatic heterocycles. The summed E-state index contributed by atoms with van der Waals surface area (Å²) in [5.41, 5.74) is 0.607. The van der Waals surface area contributed by atoms with E-state index in [1.165, 1.54) is 6.07 Å². The average Bonchev–Trinajstić information content (AvgIpc) is 2.21. The van der Waals surface area contributed by atoms with Gasteiger partial charge in [-0.1, -0.05) is 0 Å². The molecule has 1 aromatic carbocycles. The molecular formula is C12H17FN2O3S. The molecule has 0 spiro atoms. The summed E-state index contributed by atoms with van der Waals surface area (Å²) < 4.78 is 42.3. The standard InChI is InChI=1S/C12H17FN2O3S/c1-8-4-9(13)11(19(14,16)17)10(5-8)15-6-12(2,7-15)18-3/h4-5H,6-7H2,1-3H3,(H2,14,16,17). The maximum absolute atomic E-state index is 13.9. The van der Waals surface area contributed by atoms with E-state index in [0.717, 1.165) is 0 Å². The Labute approximate surface area is 112 Å². The number of hydrogen-bond donors (Lipinski definition) is 1. The molecule has 1 heterocycles. The van der Waals surface area contributed by atoms with Gasteiger partial charge in [-0.2, -0.15) is 0 Å². The second-order valence-corrected chi connectivity index (χ2v) is 6.65. The van der Waals surface area contributed by atoms with Gasteiger partial charge in [0.2, 0.25) is 10.0 Å². The van der Waals surface area contributed by atoms with Crippen molar-refractivity contribution in [2.75, 3.05) is 25.1 Å². The molecule has 1 aromatic rings. The van der Waals surface area contributed by atoms with Crippen LogP contribution in [-0.2, 0) is 14.8 Å².